The summed E-state index contributed by atoms with van der Waals surface area (Å²) >= 11 is 0. The fraction of sp³-hybridized carbons (Fsp3) is 0.0833. The second-order valence-electron chi connectivity index (χ2n) is 3.96. The molecule has 0 aliphatic rings. The highest BCUT2D eigenvalue weighted by molar-refractivity contribution is 7.92. The number of aliphatic hydroxyl groups excluding tert-OH is 1. The monoisotopic (exact) mass is 294 g/mol. The van der Waals surface area contributed by atoms with Crippen LogP contribution in [0.1, 0.15) is 5.56 Å². The van der Waals surface area contributed by atoms with Gasteiger partial charge in [0.25, 0.3) is 10.0 Å². The van der Waals surface area contributed by atoms with Crippen molar-refractivity contribution in [1.82, 2.24) is 4.98 Å². The van der Waals surface area contributed by atoms with Gasteiger partial charge in [-0.05, 0) is 29.8 Å². The van der Waals surface area contributed by atoms with Crippen LogP contribution in [0, 0.1) is 0 Å². The van der Waals surface area contributed by atoms with Gasteiger partial charge in [0.1, 0.15) is 4.90 Å². The summed E-state index contributed by atoms with van der Waals surface area (Å²) in [5.41, 5.74) is 3.32. The number of nitrogens with one attached hydrogen (secondary N) is 2. The molecule has 0 aliphatic heterocycles. The Bertz CT molecular complexity index is 686. The molecule has 2 rings (SSSR count). The SMILES string of the molecule is NNc1ncccc1S(=O)(=O)Nc1ccc(CO)cc1. The van der Waals surface area contributed by atoms with Crippen molar-refractivity contribution >= 4 is 21.5 Å². The first-order valence-corrected chi connectivity index (χ1v) is 7.19. The average molecular weight is 294 g/mol. The Morgan fingerprint density at radius 2 is 1.90 bits per heavy atom. The maximum absolute atomic E-state index is 12.2. The molecule has 0 saturated heterocycles. The molecule has 0 radical (unpaired) electrons. The molecule has 0 unspecified atom stereocenters. The van der Waals surface area contributed by atoms with Crippen LogP contribution in [0.4, 0.5) is 11.5 Å². The molecule has 20 heavy (non-hydrogen) atoms. The lowest BCUT2D eigenvalue weighted by Gasteiger charge is -2.11. The minimum Gasteiger partial charge on any atom is -0.392 e. The van der Waals surface area contributed by atoms with Gasteiger partial charge in [-0.15, -0.1) is 0 Å². The van der Waals surface area contributed by atoms with E-state index in [0.717, 1.165) is 0 Å². The summed E-state index contributed by atoms with van der Waals surface area (Å²) in [6.45, 7) is -0.100. The first-order chi connectivity index (χ1) is 9.56. The van der Waals surface area contributed by atoms with Crippen LogP contribution in [0.2, 0.25) is 0 Å². The maximum atomic E-state index is 12.2. The quantitative estimate of drug-likeness (QED) is 0.475. The predicted molar refractivity (Wildman–Crippen MR) is 75.2 cm³/mol. The number of benzene rings is 1. The van der Waals surface area contributed by atoms with Crippen LogP contribution in [0.3, 0.4) is 0 Å². The summed E-state index contributed by atoms with van der Waals surface area (Å²) in [7, 11) is -3.79. The van der Waals surface area contributed by atoms with Crippen molar-refractivity contribution in [1.29, 1.82) is 0 Å². The second kappa shape index (κ2) is 5.87. The minimum absolute atomic E-state index is 0.0475. The van der Waals surface area contributed by atoms with Crippen LogP contribution < -0.4 is 16.0 Å². The van der Waals surface area contributed by atoms with Crippen LogP contribution >= 0.6 is 0 Å². The molecule has 0 saturated carbocycles. The van der Waals surface area contributed by atoms with E-state index in [0.29, 0.717) is 11.3 Å². The lowest BCUT2D eigenvalue weighted by Crippen LogP contribution is -2.18. The molecular formula is C12H14N4O3S. The number of nitrogens with two attached hydrogens (primary N) is 1. The molecule has 2 aromatic rings. The molecular weight excluding hydrogens is 280 g/mol. The molecule has 106 valence electrons. The number of anilines is 2. The molecule has 0 spiro atoms. The van der Waals surface area contributed by atoms with Crippen molar-refractivity contribution < 1.29 is 13.5 Å². The second-order valence-corrected chi connectivity index (χ2v) is 5.61. The molecule has 0 aliphatic carbocycles. The standard InChI is InChI=1S/C12H14N4O3S/c13-15-12-11(2-1-7-14-12)20(18,19)16-10-5-3-9(8-17)4-6-10/h1-7,16-17H,8,13H2,(H,14,15). The van der Waals surface area contributed by atoms with Gasteiger partial charge < -0.3 is 10.5 Å². The molecule has 0 bridgehead atoms. The Morgan fingerprint density at radius 1 is 1.20 bits per heavy atom. The van der Waals surface area contributed by atoms with Crippen LogP contribution in [0.25, 0.3) is 0 Å². The molecule has 7 nitrogen and oxygen atoms in total. The van der Waals surface area contributed by atoms with Crippen LogP contribution in [-0.4, -0.2) is 18.5 Å². The van der Waals surface area contributed by atoms with E-state index in [4.69, 9.17) is 10.9 Å². The lowest BCUT2D eigenvalue weighted by atomic mass is 10.2. The summed E-state index contributed by atoms with van der Waals surface area (Å²) in [6.07, 6.45) is 1.43. The zero-order chi connectivity index (χ0) is 14.6. The van der Waals surface area contributed by atoms with E-state index < -0.39 is 10.0 Å². The number of hydrogen-bond donors (Lipinski definition) is 4. The molecule has 1 aromatic heterocycles. The third-order valence-corrected chi connectivity index (χ3v) is 4.00. The summed E-state index contributed by atoms with van der Waals surface area (Å²) in [4.78, 5) is 3.80. The zero-order valence-corrected chi connectivity index (χ0v) is 11.3. The summed E-state index contributed by atoms with van der Waals surface area (Å²) in [5, 5.41) is 8.94. The fourth-order valence-corrected chi connectivity index (χ4v) is 2.78. The highest BCUT2D eigenvalue weighted by atomic mass is 32.2. The summed E-state index contributed by atoms with van der Waals surface area (Å²) < 4.78 is 26.9. The first-order valence-electron chi connectivity index (χ1n) is 5.71. The van der Waals surface area contributed by atoms with Gasteiger partial charge in [-0.3, -0.25) is 4.72 Å². The van der Waals surface area contributed by atoms with Crippen LogP contribution in [-0.2, 0) is 16.6 Å². The van der Waals surface area contributed by atoms with E-state index in [1.54, 1.807) is 24.3 Å². The third-order valence-electron chi connectivity index (χ3n) is 2.59. The van der Waals surface area contributed by atoms with E-state index in [9.17, 15) is 8.42 Å². The Balaban J connectivity index is 2.30. The van der Waals surface area contributed by atoms with Gasteiger partial charge in [0.2, 0.25) is 0 Å². The van der Waals surface area contributed by atoms with Crippen molar-refractivity contribution in [2.24, 2.45) is 5.84 Å². The number of nitrogen functional groups attached to an aromatic ring is 1. The highest BCUT2D eigenvalue weighted by Crippen LogP contribution is 2.21. The Kier molecular flexibility index (Phi) is 4.18. The number of hydrazine groups is 1. The van der Waals surface area contributed by atoms with E-state index in [1.807, 2.05) is 0 Å². The van der Waals surface area contributed by atoms with E-state index in [-0.39, 0.29) is 17.3 Å². The molecule has 0 fully saturated rings. The first kappa shape index (κ1) is 14.3. The number of aliphatic hydroxyl groups is 1. The lowest BCUT2D eigenvalue weighted by molar-refractivity contribution is 0.282. The number of sulfonamides is 1. The third kappa shape index (κ3) is 3.05. The van der Waals surface area contributed by atoms with Crippen molar-refractivity contribution in [2.45, 2.75) is 11.5 Å². The topological polar surface area (TPSA) is 117 Å². The van der Waals surface area contributed by atoms with Crippen molar-refractivity contribution in [3.8, 4) is 0 Å². The normalized spacial score (nSPS) is 11.1. The van der Waals surface area contributed by atoms with Gasteiger partial charge in [0.15, 0.2) is 5.82 Å². The summed E-state index contributed by atoms with van der Waals surface area (Å²) in [6, 6.07) is 9.29. The number of nitrogens with zero attached hydrogens (tertiary/aromatic N) is 1. The predicted octanol–water partition coefficient (Wildman–Crippen LogP) is 0.660. The molecule has 0 amide bonds. The van der Waals surface area contributed by atoms with Crippen molar-refractivity contribution in [3.63, 3.8) is 0 Å². The Labute approximate surface area is 116 Å². The van der Waals surface area contributed by atoms with E-state index >= 15 is 0 Å². The van der Waals surface area contributed by atoms with Gasteiger partial charge in [-0.2, -0.15) is 0 Å². The van der Waals surface area contributed by atoms with Crippen LogP contribution in [0.15, 0.2) is 47.5 Å². The average Bonchev–Trinajstić information content (AvgIpc) is 2.47. The molecule has 1 heterocycles. The summed E-state index contributed by atoms with van der Waals surface area (Å²) in [5.74, 6) is 5.31. The van der Waals surface area contributed by atoms with E-state index in [2.05, 4.69) is 15.1 Å². The fourth-order valence-electron chi connectivity index (χ4n) is 1.60. The number of rotatable bonds is 5. The number of aromatic nitrogens is 1. The molecule has 8 heteroatoms. The Morgan fingerprint density at radius 3 is 2.50 bits per heavy atom. The number of pyridine rings is 1. The van der Waals surface area contributed by atoms with E-state index in [1.165, 1.54) is 18.3 Å². The van der Waals surface area contributed by atoms with Gasteiger partial charge in [0, 0.05) is 11.9 Å². The van der Waals surface area contributed by atoms with Crippen LogP contribution in [0.5, 0.6) is 0 Å². The maximum Gasteiger partial charge on any atom is 0.265 e. The van der Waals surface area contributed by atoms with Crippen molar-refractivity contribution in [2.75, 3.05) is 10.1 Å². The van der Waals surface area contributed by atoms with Gasteiger partial charge in [0.05, 0.1) is 6.61 Å². The van der Waals surface area contributed by atoms with Gasteiger partial charge in [-0.25, -0.2) is 19.2 Å². The largest absolute Gasteiger partial charge is 0.392 e. The minimum atomic E-state index is -3.79. The molecule has 0 atom stereocenters. The smallest absolute Gasteiger partial charge is 0.265 e. The van der Waals surface area contributed by atoms with Gasteiger partial charge in [-0.1, -0.05) is 12.1 Å². The molecule has 1 aromatic carbocycles. The zero-order valence-electron chi connectivity index (χ0n) is 10.4. The Hall–Kier alpha value is -2.16. The van der Waals surface area contributed by atoms with Crippen molar-refractivity contribution in [3.05, 3.63) is 48.2 Å². The van der Waals surface area contributed by atoms with Gasteiger partial charge >= 0.3 is 0 Å². The molecule has 5 N–H and O–H groups in total. The highest BCUT2D eigenvalue weighted by Gasteiger charge is 2.18. The number of hydrogen-bond acceptors (Lipinski definition) is 6.